The molecule has 0 spiro atoms. The molecule has 2 nitrogen and oxygen atoms in total. The van der Waals surface area contributed by atoms with Crippen molar-refractivity contribution in [2.24, 2.45) is 0 Å². The standard InChI is InChI=1S/C28H23PS.C9H22N2/c1-18-14-16-20-8-3-5-10-22(20)26(18)24-12-7-13-25(28(24)29-30)27-19(2)15-17-21-9-4-6-11-23(21)27;1-5-10(6-2)9-11(7-3)8-4/h3-14,16H,15,17H2,1-2H3;5-9H2,1-4H3. The van der Waals surface area contributed by atoms with E-state index in [0.717, 1.165) is 53.0 Å². The Hall–Kier alpha value is -2.68. The van der Waals surface area contributed by atoms with Crippen LogP contribution in [0, 0.1) is 6.92 Å². The molecule has 0 fully saturated rings. The molecule has 5 rings (SSSR count). The van der Waals surface area contributed by atoms with E-state index in [1.165, 1.54) is 60.6 Å². The second-order valence-corrected chi connectivity index (χ2v) is 12.0. The third-order valence-electron chi connectivity index (χ3n) is 8.48. The number of allylic oxidation sites excluding steroid dienone is 1. The Morgan fingerprint density at radius 3 is 1.95 bits per heavy atom. The monoisotopic (exact) mass is 580 g/mol. The molecular formula is C37H45N2PS. The van der Waals surface area contributed by atoms with Gasteiger partial charge in [0.2, 0.25) is 0 Å². The first-order chi connectivity index (χ1) is 20.0. The quantitative estimate of drug-likeness (QED) is 0.144. The van der Waals surface area contributed by atoms with E-state index in [2.05, 4.69) is 130 Å². The van der Waals surface area contributed by atoms with E-state index < -0.39 is 0 Å². The normalized spacial score (nSPS) is 13.1. The molecular weight excluding hydrogens is 535 g/mol. The molecule has 4 aromatic rings. The maximum absolute atomic E-state index is 5.72. The van der Waals surface area contributed by atoms with Gasteiger partial charge in [0.25, 0.3) is 0 Å². The highest BCUT2D eigenvalue weighted by Gasteiger charge is 2.22. The first-order valence-electron chi connectivity index (χ1n) is 15.1. The van der Waals surface area contributed by atoms with Crippen molar-refractivity contribution in [1.29, 1.82) is 0 Å². The zero-order valence-corrected chi connectivity index (χ0v) is 27.4. The third-order valence-corrected chi connectivity index (χ3v) is 9.69. The molecule has 0 bridgehead atoms. The van der Waals surface area contributed by atoms with Crippen molar-refractivity contribution in [3.63, 3.8) is 0 Å². The van der Waals surface area contributed by atoms with Crippen LogP contribution in [0.2, 0.25) is 0 Å². The maximum atomic E-state index is 5.72. The lowest BCUT2D eigenvalue weighted by Crippen LogP contribution is -2.37. The molecule has 0 heterocycles. The van der Waals surface area contributed by atoms with Gasteiger partial charge in [-0.1, -0.05) is 124 Å². The Kier molecular flexibility index (Phi) is 11.4. The number of benzene rings is 4. The Bertz CT molecular complexity index is 1500. The summed E-state index contributed by atoms with van der Waals surface area (Å²) in [5.74, 6) is 0. The lowest BCUT2D eigenvalue weighted by Gasteiger charge is -2.26. The van der Waals surface area contributed by atoms with Crippen molar-refractivity contribution < 1.29 is 0 Å². The van der Waals surface area contributed by atoms with E-state index >= 15 is 0 Å². The Labute approximate surface area is 254 Å². The van der Waals surface area contributed by atoms with Crippen LogP contribution in [0.15, 0.2) is 84.4 Å². The van der Waals surface area contributed by atoms with E-state index in [9.17, 15) is 0 Å². The highest BCUT2D eigenvalue weighted by Crippen LogP contribution is 2.39. The minimum Gasteiger partial charge on any atom is -0.291 e. The molecule has 0 unspecified atom stereocenters. The Morgan fingerprint density at radius 2 is 1.27 bits per heavy atom. The summed E-state index contributed by atoms with van der Waals surface area (Å²) >= 11 is 5.72. The molecule has 0 amide bonds. The van der Waals surface area contributed by atoms with Crippen LogP contribution in [0.5, 0.6) is 0 Å². The molecule has 0 atom stereocenters. The van der Waals surface area contributed by atoms with E-state index in [0.29, 0.717) is 0 Å². The summed E-state index contributed by atoms with van der Waals surface area (Å²) in [6, 6.07) is 28.7. The van der Waals surface area contributed by atoms with Crippen LogP contribution in [0.4, 0.5) is 0 Å². The van der Waals surface area contributed by atoms with Gasteiger partial charge in [-0.15, -0.1) is 0 Å². The van der Waals surface area contributed by atoms with Crippen LogP contribution in [0.1, 0.15) is 63.3 Å². The van der Waals surface area contributed by atoms with Crippen LogP contribution in [0.25, 0.3) is 27.5 Å². The van der Waals surface area contributed by atoms with Gasteiger partial charge in [0, 0.05) is 12.7 Å². The van der Waals surface area contributed by atoms with Crippen molar-refractivity contribution in [1.82, 2.24) is 9.80 Å². The molecule has 0 aliphatic heterocycles. The number of nitrogens with zero attached hydrogens (tertiary/aromatic N) is 2. The number of aryl methyl sites for hydroxylation is 2. The minimum atomic E-state index is 0.887. The molecule has 0 aromatic heterocycles. The van der Waals surface area contributed by atoms with E-state index in [-0.39, 0.29) is 0 Å². The number of rotatable bonds is 9. The van der Waals surface area contributed by atoms with Gasteiger partial charge in [-0.3, -0.25) is 9.80 Å². The second kappa shape index (κ2) is 15.0. The summed E-state index contributed by atoms with van der Waals surface area (Å²) in [6.07, 6.45) is 2.23. The predicted molar refractivity (Wildman–Crippen MR) is 185 cm³/mol. The average molecular weight is 581 g/mol. The van der Waals surface area contributed by atoms with Crippen molar-refractivity contribution in [2.75, 3.05) is 32.8 Å². The molecule has 0 N–H and O–H groups in total. The highest BCUT2D eigenvalue weighted by atomic mass is 32.4. The van der Waals surface area contributed by atoms with E-state index in [1.54, 1.807) is 0 Å². The van der Waals surface area contributed by atoms with Gasteiger partial charge in [-0.2, -0.15) is 0 Å². The topological polar surface area (TPSA) is 6.48 Å². The molecule has 4 aromatic carbocycles. The second-order valence-electron chi connectivity index (χ2n) is 10.8. The number of fused-ring (bicyclic) bond motifs is 2. The summed E-state index contributed by atoms with van der Waals surface area (Å²) < 4.78 is 0. The van der Waals surface area contributed by atoms with Gasteiger partial charge >= 0.3 is 0 Å². The van der Waals surface area contributed by atoms with Gasteiger partial charge in [-0.05, 0) is 103 Å². The zero-order valence-electron chi connectivity index (χ0n) is 25.7. The van der Waals surface area contributed by atoms with Crippen molar-refractivity contribution >= 4 is 40.8 Å². The lowest BCUT2D eigenvalue weighted by molar-refractivity contribution is 0.152. The van der Waals surface area contributed by atoms with Crippen LogP contribution in [0.3, 0.4) is 0 Å². The minimum absolute atomic E-state index is 0.887. The van der Waals surface area contributed by atoms with Gasteiger partial charge in [0.05, 0.1) is 6.67 Å². The third kappa shape index (κ3) is 7.04. The first kappa shape index (κ1) is 31.3. The lowest BCUT2D eigenvalue weighted by atomic mass is 9.82. The van der Waals surface area contributed by atoms with Crippen molar-refractivity contribution in [3.05, 3.63) is 107 Å². The summed E-state index contributed by atoms with van der Waals surface area (Å²) in [6.45, 7) is 19.1. The Balaban J connectivity index is 0.000000301. The van der Waals surface area contributed by atoms with E-state index in [4.69, 9.17) is 11.8 Å². The fraction of sp³-hybridized carbons (Fsp3) is 0.351. The molecule has 4 heteroatoms. The summed E-state index contributed by atoms with van der Waals surface area (Å²) in [4.78, 5) is 4.88. The maximum Gasteiger partial charge on any atom is 0.0505 e. The molecule has 0 saturated carbocycles. The SMILES string of the molecule is CC1=C(c2cccc(-c3c(C)ccc4ccccc34)c2P=S)c2ccccc2CC1.CCN(CC)CN(CC)CC. The highest BCUT2D eigenvalue weighted by molar-refractivity contribution is 7.99. The van der Waals surface area contributed by atoms with Crippen molar-refractivity contribution in [3.8, 4) is 11.1 Å². The molecule has 1 aliphatic carbocycles. The molecule has 214 valence electrons. The fourth-order valence-electron chi connectivity index (χ4n) is 5.95. The van der Waals surface area contributed by atoms with Crippen LogP contribution in [-0.4, -0.2) is 42.6 Å². The summed E-state index contributed by atoms with van der Waals surface area (Å²) in [7, 11) is 0.887. The smallest absolute Gasteiger partial charge is 0.0505 e. The fourth-order valence-corrected chi connectivity index (χ4v) is 7.11. The van der Waals surface area contributed by atoms with Crippen LogP contribution < -0.4 is 5.30 Å². The molecule has 1 aliphatic rings. The number of hydrogen-bond donors (Lipinski definition) is 0. The summed E-state index contributed by atoms with van der Waals surface area (Å²) in [5, 5.41) is 3.82. The predicted octanol–water partition coefficient (Wildman–Crippen LogP) is 9.24. The largest absolute Gasteiger partial charge is 0.291 e. The van der Waals surface area contributed by atoms with E-state index in [1.807, 2.05) is 0 Å². The summed E-state index contributed by atoms with van der Waals surface area (Å²) in [5.41, 5.74) is 10.8. The number of hydrogen-bond acceptors (Lipinski definition) is 3. The molecule has 0 saturated heterocycles. The van der Waals surface area contributed by atoms with Gasteiger partial charge in [-0.25, -0.2) is 0 Å². The zero-order chi connectivity index (χ0) is 29.4. The van der Waals surface area contributed by atoms with Crippen LogP contribution >= 0.6 is 7.36 Å². The van der Waals surface area contributed by atoms with Gasteiger partial charge in [0.1, 0.15) is 0 Å². The van der Waals surface area contributed by atoms with Crippen molar-refractivity contribution in [2.45, 2.75) is 54.4 Å². The Morgan fingerprint density at radius 1 is 0.659 bits per heavy atom. The average Bonchev–Trinajstić information content (AvgIpc) is 3.01. The first-order valence-corrected chi connectivity index (χ1v) is 17.1. The van der Waals surface area contributed by atoms with Gasteiger partial charge < -0.3 is 0 Å². The van der Waals surface area contributed by atoms with Crippen LogP contribution in [-0.2, 0) is 18.2 Å². The molecule has 0 radical (unpaired) electrons. The molecule has 41 heavy (non-hydrogen) atoms. The van der Waals surface area contributed by atoms with Gasteiger partial charge in [0.15, 0.2) is 0 Å².